The molecule has 1 heterocycles. The Bertz CT molecular complexity index is 538. The molecule has 19 heavy (non-hydrogen) atoms. The van der Waals surface area contributed by atoms with Crippen molar-refractivity contribution in [3.05, 3.63) is 42.5 Å². The first-order chi connectivity index (χ1) is 9.20. The zero-order chi connectivity index (χ0) is 13.7. The molecule has 1 aromatic carbocycles. The Morgan fingerprint density at radius 3 is 3.00 bits per heavy atom. The first kappa shape index (κ1) is 13.2. The number of likely N-dealkylation sites (N-methyl/N-ethyl adjacent to an activating group) is 1. The molecule has 0 aliphatic heterocycles. The summed E-state index contributed by atoms with van der Waals surface area (Å²) >= 11 is 0. The fourth-order valence-corrected chi connectivity index (χ4v) is 1.58. The van der Waals surface area contributed by atoms with E-state index in [1.807, 2.05) is 26.1 Å². The molecule has 0 saturated carbocycles. The maximum absolute atomic E-state index is 12.0. The van der Waals surface area contributed by atoms with Crippen LogP contribution in [-0.4, -0.2) is 40.3 Å². The van der Waals surface area contributed by atoms with Gasteiger partial charge in [-0.15, -0.1) is 0 Å². The van der Waals surface area contributed by atoms with Gasteiger partial charge in [-0.2, -0.15) is 5.10 Å². The van der Waals surface area contributed by atoms with Crippen LogP contribution < -0.4 is 10.6 Å². The molecule has 0 bridgehead atoms. The lowest BCUT2D eigenvalue weighted by Crippen LogP contribution is -2.37. The zero-order valence-electron chi connectivity index (χ0n) is 11.0. The number of benzene rings is 1. The highest BCUT2D eigenvalue weighted by atomic mass is 16.1. The van der Waals surface area contributed by atoms with E-state index in [1.165, 1.54) is 6.33 Å². The number of carbonyl (C=O) groups is 1. The van der Waals surface area contributed by atoms with Crippen LogP contribution in [0, 0.1) is 0 Å². The molecular weight excluding hydrogens is 242 g/mol. The topological polar surface area (TPSA) is 71.8 Å². The van der Waals surface area contributed by atoms with Gasteiger partial charge in [0.25, 0.3) is 5.91 Å². The van der Waals surface area contributed by atoms with Gasteiger partial charge in [0.2, 0.25) is 0 Å². The second-order valence-electron chi connectivity index (χ2n) is 4.29. The zero-order valence-corrected chi connectivity index (χ0v) is 11.0. The Morgan fingerprint density at radius 2 is 2.32 bits per heavy atom. The highest BCUT2D eigenvalue weighted by Crippen LogP contribution is 2.08. The quantitative estimate of drug-likeness (QED) is 0.825. The summed E-state index contributed by atoms with van der Waals surface area (Å²) in [6, 6.07) is 7.51. The van der Waals surface area contributed by atoms with Crippen molar-refractivity contribution < 1.29 is 4.79 Å². The van der Waals surface area contributed by atoms with Gasteiger partial charge in [-0.3, -0.25) is 4.79 Å². The number of rotatable bonds is 5. The van der Waals surface area contributed by atoms with Crippen molar-refractivity contribution in [1.82, 2.24) is 25.4 Å². The van der Waals surface area contributed by atoms with E-state index in [9.17, 15) is 4.79 Å². The van der Waals surface area contributed by atoms with Crippen LogP contribution in [-0.2, 0) is 0 Å². The maximum atomic E-state index is 12.0. The summed E-state index contributed by atoms with van der Waals surface area (Å²) in [5, 5.41) is 9.98. The highest BCUT2D eigenvalue weighted by Gasteiger charge is 2.08. The third-order valence-electron chi connectivity index (χ3n) is 2.85. The average Bonchev–Trinajstić information content (AvgIpc) is 2.98. The molecule has 6 heteroatoms. The van der Waals surface area contributed by atoms with Gasteiger partial charge >= 0.3 is 0 Å². The second-order valence-corrected chi connectivity index (χ2v) is 4.29. The molecule has 0 fully saturated rings. The van der Waals surface area contributed by atoms with Crippen molar-refractivity contribution in [2.75, 3.05) is 13.6 Å². The Hall–Kier alpha value is -2.21. The van der Waals surface area contributed by atoms with Crippen molar-refractivity contribution >= 4 is 5.91 Å². The van der Waals surface area contributed by atoms with Crippen molar-refractivity contribution in [2.24, 2.45) is 0 Å². The fraction of sp³-hybridized carbons (Fsp3) is 0.308. The van der Waals surface area contributed by atoms with E-state index in [1.54, 1.807) is 23.1 Å². The summed E-state index contributed by atoms with van der Waals surface area (Å²) in [6.45, 7) is 2.59. The summed E-state index contributed by atoms with van der Waals surface area (Å²) in [5.41, 5.74) is 1.42. The Kier molecular flexibility index (Phi) is 4.25. The van der Waals surface area contributed by atoms with Gasteiger partial charge in [-0.05, 0) is 32.2 Å². The van der Waals surface area contributed by atoms with E-state index >= 15 is 0 Å². The average molecular weight is 259 g/mol. The largest absolute Gasteiger partial charge is 0.350 e. The van der Waals surface area contributed by atoms with Crippen LogP contribution in [0.2, 0.25) is 0 Å². The second kappa shape index (κ2) is 6.10. The van der Waals surface area contributed by atoms with E-state index in [2.05, 4.69) is 20.7 Å². The maximum Gasteiger partial charge on any atom is 0.251 e. The molecule has 0 aliphatic rings. The molecule has 2 aromatic rings. The number of nitrogens with zero attached hydrogens (tertiary/aromatic N) is 3. The molecule has 0 aliphatic carbocycles. The van der Waals surface area contributed by atoms with Gasteiger partial charge in [0.1, 0.15) is 12.7 Å². The Labute approximate surface area is 111 Å². The standard InChI is InChI=1S/C13H17N5O/c1-10(14-2)7-16-13(19)11-4-3-5-12(6-11)18-9-15-8-17-18/h3-6,8-10,14H,7H2,1-2H3,(H,16,19). The molecule has 100 valence electrons. The van der Waals surface area contributed by atoms with Crippen LogP contribution in [0.3, 0.4) is 0 Å². The van der Waals surface area contributed by atoms with Crippen LogP contribution in [0.5, 0.6) is 0 Å². The number of aromatic nitrogens is 3. The normalized spacial score (nSPS) is 12.1. The summed E-state index contributed by atoms with van der Waals surface area (Å²) in [7, 11) is 1.86. The number of nitrogens with one attached hydrogen (secondary N) is 2. The molecule has 0 radical (unpaired) electrons. The first-order valence-electron chi connectivity index (χ1n) is 6.11. The van der Waals surface area contributed by atoms with E-state index in [4.69, 9.17) is 0 Å². The van der Waals surface area contributed by atoms with Gasteiger partial charge < -0.3 is 10.6 Å². The molecule has 2 rings (SSSR count). The van der Waals surface area contributed by atoms with Gasteiger partial charge in [-0.25, -0.2) is 9.67 Å². The summed E-state index contributed by atoms with van der Waals surface area (Å²) in [4.78, 5) is 15.9. The summed E-state index contributed by atoms with van der Waals surface area (Å²) in [6.07, 6.45) is 3.06. The van der Waals surface area contributed by atoms with Gasteiger partial charge in [0.15, 0.2) is 0 Å². The van der Waals surface area contributed by atoms with Crippen LogP contribution >= 0.6 is 0 Å². The van der Waals surface area contributed by atoms with Crippen molar-refractivity contribution in [1.29, 1.82) is 0 Å². The lowest BCUT2D eigenvalue weighted by atomic mass is 10.2. The molecule has 0 saturated heterocycles. The molecule has 6 nitrogen and oxygen atoms in total. The molecule has 0 spiro atoms. The third kappa shape index (κ3) is 3.38. The predicted molar refractivity (Wildman–Crippen MR) is 72.2 cm³/mol. The highest BCUT2D eigenvalue weighted by molar-refractivity contribution is 5.94. The molecule has 1 aromatic heterocycles. The number of hydrogen-bond acceptors (Lipinski definition) is 4. The minimum absolute atomic E-state index is 0.0935. The monoisotopic (exact) mass is 259 g/mol. The SMILES string of the molecule is CNC(C)CNC(=O)c1cccc(-n2cncn2)c1. The smallest absolute Gasteiger partial charge is 0.251 e. The number of carbonyl (C=O) groups excluding carboxylic acids is 1. The minimum atomic E-state index is -0.0935. The van der Waals surface area contributed by atoms with E-state index < -0.39 is 0 Å². The van der Waals surface area contributed by atoms with Crippen molar-refractivity contribution in [3.8, 4) is 5.69 Å². The van der Waals surface area contributed by atoms with Gasteiger partial charge in [0.05, 0.1) is 5.69 Å². The van der Waals surface area contributed by atoms with Crippen molar-refractivity contribution in [3.63, 3.8) is 0 Å². The lowest BCUT2D eigenvalue weighted by molar-refractivity contribution is 0.0950. The fourth-order valence-electron chi connectivity index (χ4n) is 1.58. The van der Waals surface area contributed by atoms with E-state index in [-0.39, 0.29) is 11.9 Å². The van der Waals surface area contributed by atoms with Crippen LogP contribution in [0.1, 0.15) is 17.3 Å². The molecule has 1 atom stereocenters. The minimum Gasteiger partial charge on any atom is -0.350 e. The number of hydrogen-bond donors (Lipinski definition) is 2. The van der Waals surface area contributed by atoms with E-state index in [0.717, 1.165) is 5.69 Å². The Balaban J connectivity index is 2.08. The molecular formula is C13H17N5O. The van der Waals surface area contributed by atoms with Gasteiger partial charge in [-0.1, -0.05) is 6.07 Å². The summed E-state index contributed by atoms with van der Waals surface area (Å²) < 4.78 is 1.62. The summed E-state index contributed by atoms with van der Waals surface area (Å²) in [5.74, 6) is -0.0935. The number of amides is 1. The molecule has 1 amide bonds. The van der Waals surface area contributed by atoms with Crippen LogP contribution in [0.4, 0.5) is 0 Å². The first-order valence-corrected chi connectivity index (χ1v) is 6.11. The lowest BCUT2D eigenvalue weighted by Gasteiger charge is -2.11. The van der Waals surface area contributed by atoms with Crippen molar-refractivity contribution in [2.45, 2.75) is 13.0 Å². The van der Waals surface area contributed by atoms with Crippen LogP contribution in [0.25, 0.3) is 5.69 Å². The van der Waals surface area contributed by atoms with Gasteiger partial charge in [0, 0.05) is 18.2 Å². The Morgan fingerprint density at radius 1 is 1.47 bits per heavy atom. The molecule has 2 N–H and O–H groups in total. The van der Waals surface area contributed by atoms with Crippen LogP contribution in [0.15, 0.2) is 36.9 Å². The third-order valence-corrected chi connectivity index (χ3v) is 2.85. The predicted octanol–water partition coefficient (Wildman–Crippen LogP) is 0.605. The molecule has 1 unspecified atom stereocenters. The van der Waals surface area contributed by atoms with E-state index in [0.29, 0.717) is 12.1 Å².